The van der Waals surface area contributed by atoms with Crippen LogP contribution >= 0.6 is 12.2 Å². The molecular formula is C20H27N3O2S. The Morgan fingerprint density at radius 1 is 0.962 bits per heavy atom. The van der Waals surface area contributed by atoms with E-state index in [2.05, 4.69) is 22.3 Å². The average molecular weight is 374 g/mol. The second-order valence-corrected chi connectivity index (χ2v) is 6.60. The van der Waals surface area contributed by atoms with Crippen LogP contribution in [0.15, 0.2) is 48.5 Å². The van der Waals surface area contributed by atoms with Gasteiger partial charge in [0, 0.05) is 31.5 Å². The van der Waals surface area contributed by atoms with Gasteiger partial charge >= 0.3 is 0 Å². The number of rotatable bonds is 10. The first-order chi connectivity index (χ1) is 12.5. The normalized spacial score (nSPS) is 10.2. The second kappa shape index (κ2) is 10.5. The van der Waals surface area contributed by atoms with Crippen LogP contribution in [-0.2, 0) is 0 Å². The number of nitrogens with two attached hydrogens (primary N) is 1. The summed E-state index contributed by atoms with van der Waals surface area (Å²) < 4.78 is 11.5. The maximum Gasteiger partial charge on any atom is 0.168 e. The molecule has 140 valence electrons. The third-order valence-corrected chi connectivity index (χ3v) is 3.88. The van der Waals surface area contributed by atoms with Gasteiger partial charge in [0.1, 0.15) is 11.5 Å². The molecule has 0 bridgehead atoms. The molecule has 26 heavy (non-hydrogen) atoms. The molecule has 0 saturated heterocycles. The third-order valence-electron chi connectivity index (χ3n) is 3.78. The van der Waals surface area contributed by atoms with E-state index >= 15 is 0 Å². The summed E-state index contributed by atoms with van der Waals surface area (Å²) in [7, 11) is 4.05. The quantitative estimate of drug-likeness (QED) is 0.484. The Hall–Kier alpha value is -2.47. The van der Waals surface area contributed by atoms with E-state index in [1.54, 1.807) is 0 Å². The lowest BCUT2D eigenvalue weighted by Crippen LogP contribution is -2.18. The Labute approximate surface area is 161 Å². The molecule has 2 rings (SSSR count). The fourth-order valence-corrected chi connectivity index (χ4v) is 2.53. The highest BCUT2D eigenvalue weighted by molar-refractivity contribution is 7.80. The van der Waals surface area contributed by atoms with Crippen molar-refractivity contribution >= 4 is 28.7 Å². The van der Waals surface area contributed by atoms with Gasteiger partial charge in [-0.15, -0.1) is 0 Å². The Bertz CT molecular complexity index is 690. The molecule has 0 fully saturated rings. The Kier molecular flexibility index (Phi) is 8.02. The summed E-state index contributed by atoms with van der Waals surface area (Å²) in [5.41, 5.74) is 7.48. The fourth-order valence-electron chi connectivity index (χ4n) is 2.41. The largest absolute Gasteiger partial charge is 0.494 e. The minimum atomic E-state index is 0.249. The van der Waals surface area contributed by atoms with E-state index in [1.165, 1.54) is 5.69 Å². The molecule has 0 aliphatic heterocycles. The van der Waals surface area contributed by atoms with Crippen molar-refractivity contribution in [2.45, 2.75) is 19.3 Å². The number of hydrogen-bond donors (Lipinski definition) is 2. The first kappa shape index (κ1) is 19.8. The second-order valence-electron chi connectivity index (χ2n) is 6.16. The molecule has 3 N–H and O–H groups in total. The van der Waals surface area contributed by atoms with Crippen molar-refractivity contribution in [1.82, 2.24) is 0 Å². The predicted molar refractivity (Wildman–Crippen MR) is 112 cm³/mol. The zero-order chi connectivity index (χ0) is 18.8. The number of hydrogen-bond acceptors (Lipinski definition) is 4. The van der Waals surface area contributed by atoms with Crippen molar-refractivity contribution in [3.8, 4) is 11.5 Å². The topological polar surface area (TPSA) is 59.8 Å². The SMILES string of the molecule is CN(C)c1ccc(OCCCCCOc2cccc(NC(N)=S)c2)cc1. The number of ether oxygens (including phenoxy) is 2. The van der Waals surface area contributed by atoms with Crippen LogP contribution in [-0.4, -0.2) is 32.4 Å². The van der Waals surface area contributed by atoms with Gasteiger partial charge in [-0.25, -0.2) is 0 Å². The van der Waals surface area contributed by atoms with Gasteiger partial charge in [0.2, 0.25) is 0 Å². The molecule has 6 heteroatoms. The summed E-state index contributed by atoms with van der Waals surface area (Å²) >= 11 is 4.83. The van der Waals surface area contributed by atoms with Gasteiger partial charge in [-0.05, 0) is 67.9 Å². The summed E-state index contributed by atoms with van der Waals surface area (Å²) in [6.45, 7) is 1.39. The molecule has 0 saturated carbocycles. The molecule has 0 heterocycles. The van der Waals surface area contributed by atoms with E-state index in [9.17, 15) is 0 Å². The average Bonchev–Trinajstić information content (AvgIpc) is 2.61. The van der Waals surface area contributed by atoms with Crippen LogP contribution in [0.1, 0.15) is 19.3 Å². The van der Waals surface area contributed by atoms with Gasteiger partial charge in [-0.3, -0.25) is 0 Å². The molecule has 0 aliphatic carbocycles. The highest BCUT2D eigenvalue weighted by atomic mass is 32.1. The van der Waals surface area contributed by atoms with Crippen LogP contribution in [0.2, 0.25) is 0 Å². The number of anilines is 2. The van der Waals surface area contributed by atoms with E-state index in [0.717, 1.165) is 36.4 Å². The molecule has 2 aromatic carbocycles. The van der Waals surface area contributed by atoms with Crippen LogP contribution in [0, 0.1) is 0 Å². The minimum Gasteiger partial charge on any atom is -0.494 e. The fraction of sp³-hybridized carbons (Fsp3) is 0.350. The van der Waals surface area contributed by atoms with E-state index in [1.807, 2.05) is 50.5 Å². The maximum atomic E-state index is 5.77. The first-order valence-corrected chi connectivity index (χ1v) is 9.15. The number of nitrogens with zero attached hydrogens (tertiary/aromatic N) is 1. The van der Waals surface area contributed by atoms with E-state index < -0.39 is 0 Å². The van der Waals surface area contributed by atoms with Crippen LogP contribution in [0.25, 0.3) is 0 Å². The van der Waals surface area contributed by atoms with Gasteiger partial charge in [0.15, 0.2) is 5.11 Å². The molecule has 0 amide bonds. The molecule has 2 aromatic rings. The Morgan fingerprint density at radius 3 is 2.23 bits per heavy atom. The van der Waals surface area contributed by atoms with E-state index in [0.29, 0.717) is 13.2 Å². The summed E-state index contributed by atoms with van der Waals surface area (Å²) in [6.07, 6.45) is 3.04. The van der Waals surface area contributed by atoms with Crippen LogP contribution in [0.5, 0.6) is 11.5 Å². The zero-order valence-electron chi connectivity index (χ0n) is 15.4. The lowest BCUT2D eigenvalue weighted by atomic mass is 10.2. The molecular weight excluding hydrogens is 346 g/mol. The minimum absolute atomic E-state index is 0.249. The predicted octanol–water partition coefficient (Wildman–Crippen LogP) is 4.04. The number of unbranched alkanes of at least 4 members (excludes halogenated alkanes) is 2. The summed E-state index contributed by atoms with van der Waals surface area (Å²) in [6, 6.07) is 15.7. The van der Waals surface area contributed by atoms with E-state index in [4.69, 9.17) is 27.4 Å². The molecule has 0 aromatic heterocycles. The van der Waals surface area contributed by atoms with Gasteiger partial charge in [0.25, 0.3) is 0 Å². The number of nitrogens with one attached hydrogen (secondary N) is 1. The zero-order valence-corrected chi connectivity index (χ0v) is 16.2. The Balaban J connectivity index is 1.58. The number of thiocarbonyl (C=S) groups is 1. The third kappa shape index (κ3) is 7.19. The van der Waals surface area contributed by atoms with Crippen molar-refractivity contribution < 1.29 is 9.47 Å². The van der Waals surface area contributed by atoms with Crippen LogP contribution in [0.4, 0.5) is 11.4 Å². The highest BCUT2D eigenvalue weighted by Gasteiger charge is 1.99. The van der Waals surface area contributed by atoms with Crippen molar-refractivity contribution in [3.63, 3.8) is 0 Å². The van der Waals surface area contributed by atoms with Gasteiger partial charge < -0.3 is 25.4 Å². The summed E-state index contributed by atoms with van der Waals surface area (Å²) in [4.78, 5) is 2.07. The molecule has 0 unspecified atom stereocenters. The monoisotopic (exact) mass is 373 g/mol. The Morgan fingerprint density at radius 2 is 1.62 bits per heavy atom. The molecule has 0 spiro atoms. The van der Waals surface area contributed by atoms with E-state index in [-0.39, 0.29) is 5.11 Å². The van der Waals surface area contributed by atoms with Gasteiger partial charge in [0.05, 0.1) is 13.2 Å². The van der Waals surface area contributed by atoms with Gasteiger partial charge in [-0.1, -0.05) is 6.07 Å². The van der Waals surface area contributed by atoms with Crippen molar-refractivity contribution in [2.75, 3.05) is 37.5 Å². The molecule has 5 nitrogen and oxygen atoms in total. The lowest BCUT2D eigenvalue weighted by Gasteiger charge is -2.13. The van der Waals surface area contributed by atoms with Crippen molar-refractivity contribution in [3.05, 3.63) is 48.5 Å². The van der Waals surface area contributed by atoms with Crippen molar-refractivity contribution in [2.24, 2.45) is 5.73 Å². The molecule has 0 atom stereocenters. The standard InChI is InChI=1S/C20H27N3O2S/c1-23(2)17-9-11-18(12-10-17)24-13-4-3-5-14-25-19-8-6-7-16(15-19)22-20(21)26/h6-12,15H,3-5,13-14H2,1-2H3,(H3,21,22,26). The smallest absolute Gasteiger partial charge is 0.168 e. The van der Waals surface area contributed by atoms with Gasteiger partial charge in [-0.2, -0.15) is 0 Å². The first-order valence-electron chi connectivity index (χ1n) is 8.74. The number of benzene rings is 2. The van der Waals surface area contributed by atoms with Crippen LogP contribution in [0.3, 0.4) is 0 Å². The summed E-state index contributed by atoms with van der Waals surface area (Å²) in [5, 5.41) is 3.15. The molecule has 0 aliphatic rings. The maximum absolute atomic E-state index is 5.77. The lowest BCUT2D eigenvalue weighted by molar-refractivity contribution is 0.279. The van der Waals surface area contributed by atoms with Crippen molar-refractivity contribution in [1.29, 1.82) is 0 Å². The van der Waals surface area contributed by atoms with Crippen LogP contribution < -0.4 is 25.4 Å². The highest BCUT2D eigenvalue weighted by Crippen LogP contribution is 2.19. The molecule has 0 radical (unpaired) electrons. The summed E-state index contributed by atoms with van der Waals surface area (Å²) in [5.74, 6) is 1.72.